The van der Waals surface area contributed by atoms with Gasteiger partial charge in [-0.25, -0.2) is 4.98 Å². The first-order valence-electron chi connectivity index (χ1n) is 5.65. The van der Waals surface area contributed by atoms with Crippen LogP contribution in [0.25, 0.3) is 0 Å². The molecule has 2 rings (SSSR count). The van der Waals surface area contributed by atoms with E-state index in [1.807, 2.05) is 45.0 Å². The minimum atomic E-state index is 0.571. The Hall–Kier alpha value is -1.55. The monoisotopic (exact) mass is 306 g/mol. The zero-order valence-corrected chi connectivity index (χ0v) is 12.2. The number of hydrogen-bond acceptors (Lipinski definition) is 3. The number of aromatic nitrogens is 1. The van der Waals surface area contributed by atoms with Crippen molar-refractivity contribution < 1.29 is 4.74 Å². The Balaban J connectivity index is 2.34. The minimum Gasteiger partial charge on any atom is -0.439 e. The number of rotatable bonds is 2. The highest BCUT2D eigenvalue weighted by atomic mass is 79.9. The van der Waals surface area contributed by atoms with E-state index in [0.717, 1.165) is 32.7 Å². The number of nitrogens with two attached hydrogens (primary N) is 1. The van der Waals surface area contributed by atoms with Crippen LogP contribution in [0.5, 0.6) is 11.6 Å². The molecule has 0 atom stereocenters. The number of nitrogen functional groups attached to an aromatic ring is 1. The van der Waals surface area contributed by atoms with Gasteiger partial charge in [-0.3, -0.25) is 0 Å². The maximum atomic E-state index is 5.89. The molecule has 1 aromatic carbocycles. The molecule has 0 bridgehead atoms. The summed E-state index contributed by atoms with van der Waals surface area (Å²) >= 11 is 3.41. The van der Waals surface area contributed by atoms with Crippen LogP contribution in [0.1, 0.15) is 16.8 Å². The van der Waals surface area contributed by atoms with Gasteiger partial charge in [0.25, 0.3) is 0 Å². The van der Waals surface area contributed by atoms with Crippen molar-refractivity contribution in [2.24, 2.45) is 0 Å². The Bertz CT molecular complexity index is 597. The Morgan fingerprint density at radius 2 is 1.83 bits per heavy atom. The molecule has 0 amide bonds. The summed E-state index contributed by atoms with van der Waals surface area (Å²) in [4.78, 5) is 4.35. The fourth-order valence-electron chi connectivity index (χ4n) is 1.65. The SMILES string of the molecule is Cc1cc(C)c(Oc2ccc(Br)c(C)n2)cc1N. The van der Waals surface area contributed by atoms with Crippen LogP contribution in [0.15, 0.2) is 28.7 Å². The summed E-state index contributed by atoms with van der Waals surface area (Å²) in [5, 5.41) is 0. The molecule has 0 spiro atoms. The van der Waals surface area contributed by atoms with Crippen molar-refractivity contribution in [3.8, 4) is 11.6 Å². The first kappa shape index (κ1) is 12.9. The van der Waals surface area contributed by atoms with Crippen LogP contribution >= 0.6 is 15.9 Å². The third-order valence-electron chi connectivity index (χ3n) is 2.77. The summed E-state index contributed by atoms with van der Waals surface area (Å²) in [6.07, 6.45) is 0. The normalized spacial score (nSPS) is 10.4. The second-order valence-electron chi connectivity index (χ2n) is 4.29. The first-order chi connectivity index (χ1) is 8.47. The highest BCUT2D eigenvalue weighted by molar-refractivity contribution is 9.10. The molecule has 0 saturated carbocycles. The van der Waals surface area contributed by atoms with Crippen molar-refractivity contribution in [2.45, 2.75) is 20.8 Å². The van der Waals surface area contributed by atoms with Crippen molar-refractivity contribution in [1.82, 2.24) is 4.98 Å². The van der Waals surface area contributed by atoms with Gasteiger partial charge in [-0.1, -0.05) is 6.07 Å². The zero-order valence-electron chi connectivity index (χ0n) is 10.6. The van der Waals surface area contributed by atoms with Gasteiger partial charge in [0.05, 0.1) is 5.69 Å². The molecule has 1 heterocycles. The average Bonchev–Trinajstić information content (AvgIpc) is 2.31. The largest absolute Gasteiger partial charge is 0.439 e. The van der Waals surface area contributed by atoms with Crippen LogP contribution in [-0.4, -0.2) is 4.98 Å². The predicted octanol–water partition coefficient (Wildman–Crippen LogP) is 4.14. The van der Waals surface area contributed by atoms with Crippen LogP contribution in [0, 0.1) is 20.8 Å². The van der Waals surface area contributed by atoms with Crippen LogP contribution in [0.2, 0.25) is 0 Å². The maximum Gasteiger partial charge on any atom is 0.219 e. The minimum absolute atomic E-state index is 0.571. The van der Waals surface area contributed by atoms with Crippen LogP contribution < -0.4 is 10.5 Å². The van der Waals surface area contributed by atoms with E-state index in [4.69, 9.17) is 10.5 Å². The molecular formula is C14H15BrN2O. The van der Waals surface area contributed by atoms with Crippen molar-refractivity contribution in [2.75, 3.05) is 5.73 Å². The molecule has 2 N–H and O–H groups in total. The van der Waals surface area contributed by atoms with E-state index >= 15 is 0 Å². The molecule has 0 aliphatic heterocycles. The number of nitrogens with zero attached hydrogens (tertiary/aromatic N) is 1. The van der Waals surface area contributed by atoms with Crippen molar-refractivity contribution in [1.29, 1.82) is 0 Å². The lowest BCUT2D eigenvalue weighted by Crippen LogP contribution is -1.96. The number of hydrogen-bond donors (Lipinski definition) is 1. The maximum absolute atomic E-state index is 5.89. The Kier molecular flexibility index (Phi) is 3.57. The summed E-state index contributed by atoms with van der Waals surface area (Å²) in [5.74, 6) is 1.31. The molecule has 0 aliphatic carbocycles. The molecule has 3 nitrogen and oxygen atoms in total. The quantitative estimate of drug-likeness (QED) is 0.848. The number of pyridine rings is 1. The molecule has 1 aromatic heterocycles. The van der Waals surface area contributed by atoms with Gasteiger partial charge in [0, 0.05) is 22.3 Å². The van der Waals surface area contributed by atoms with Gasteiger partial charge in [-0.2, -0.15) is 0 Å². The lowest BCUT2D eigenvalue weighted by atomic mass is 10.1. The summed E-state index contributed by atoms with van der Waals surface area (Å²) in [6, 6.07) is 7.59. The average molecular weight is 307 g/mol. The van der Waals surface area contributed by atoms with Crippen molar-refractivity contribution in [3.05, 3.63) is 45.6 Å². The second kappa shape index (κ2) is 4.98. The van der Waals surface area contributed by atoms with Crippen LogP contribution in [0.4, 0.5) is 5.69 Å². The van der Waals surface area contributed by atoms with E-state index in [2.05, 4.69) is 20.9 Å². The van der Waals surface area contributed by atoms with Gasteiger partial charge in [0.1, 0.15) is 5.75 Å². The third-order valence-corrected chi connectivity index (χ3v) is 3.61. The molecule has 0 unspecified atom stereocenters. The molecule has 0 fully saturated rings. The lowest BCUT2D eigenvalue weighted by Gasteiger charge is -2.11. The summed E-state index contributed by atoms with van der Waals surface area (Å²) in [5.41, 5.74) is 9.61. The number of anilines is 1. The molecule has 4 heteroatoms. The van der Waals surface area contributed by atoms with Gasteiger partial charge >= 0.3 is 0 Å². The Labute approximate surface area is 115 Å². The summed E-state index contributed by atoms with van der Waals surface area (Å²) < 4.78 is 6.74. The van der Waals surface area contributed by atoms with Gasteiger partial charge in [-0.15, -0.1) is 0 Å². The third kappa shape index (κ3) is 2.64. The summed E-state index contributed by atoms with van der Waals surface area (Å²) in [6.45, 7) is 5.90. The standard InChI is InChI=1S/C14H15BrN2O/c1-8-6-9(2)13(7-12(8)16)18-14-5-4-11(15)10(3)17-14/h4-7H,16H2,1-3H3. The molecule has 0 aliphatic rings. The number of benzene rings is 1. The Morgan fingerprint density at radius 1 is 1.11 bits per heavy atom. The molecule has 0 radical (unpaired) electrons. The molecular weight excluding hydrogens is 292 g/mol. The van der Waals surface area contributed by atoms with Crippen LogP contribution in [-0.2, 0) is 0 Å². The molecule has 18 heavy (non-hydrogen) atoms. The second-order valence-corrected chi connectivity index (χ2v) is 5.15. The molecule has 2 aromatic rings. The van der Waals surface area contributed by atoms with Gasteiger partial charge in [0.2, 0.25) is 5.88 Å². The van der Waals surface area contributed by atoms with E-state index in [1.54, 1.807) is 0 Å². The van der Waals surface area contributed by atoms with Crippen LogP contribution in [0.3, 0.4) is 0 Å². The molecule has 0 saturated heterocycles. The van der Waals surface area contributed by atoms with Crippen molar-refractivity contribution in [3.63, 3.8) is 0 Å². The van der Waals surface area contributed by atoms with E-state index in [1.165, 1.54) is 0 Å². The first-order valence-corrected chi connectivity index (χ1v) is 6.44. The zero-order chi connectivity index (χ0) is 13.3. The predicted molar refractivity (Wildman–Crippen MR) is 77.1 cm³/mol. The van der Waals surface area contributed by atoms with E-state index < -0.39 is 0 Å². The van der Waals surface area contributed by atoms with E-state index in [9.17, 15) is 0 Å². The van der Waals surface area contributed by atoms with Gasteiger partial charge in [-0.05, 0) is 53.9 Å². The fourth-order valence-corrected chi connectivity index (χ4v) is 1.87. The van der Waals surface area contributed by atoms with Gasteiger partial charge in [0.15, 0.2) is 0 Å². The summed E-state index contributed by atoms with van der Waals surface area (Å²) in [7, 11) is 0. The number of halogens is 1. The molecule has 94 valence electrons. The highest BCUT2D eigenvalue weighted by Gasteiger charge is 2.06. The van der Waals surface area contributed by atoms with E-state index in [0.29, 0.717) is 5.88 Å². The van der Waals surface area contributed by atoms with Crippen molar-refractivity contribution >= 4 is 21.6 Å². The Morgan fingerprint density at radius 3 is 2.50 bits per heavy atom. The lowest BCUT2D eigenvalue weighted by molar-refractivity contribution is 0.458. The fraction of sp³-hybridized carbons (Fsp3) is 0.214. The topological polar surface area (TPSA) is 48.1 Å². The smallest absolute Gasteiger partial charge is 0.219 e. The van der Waals surface area contributed by atoms with E-state index in [-0.39, 0.29) is 0 Å². The highest BCUT2D eigenvalue weighted by Crippen LogP contribution is 2.29. The van der Waals surface area contributed by atoms with Gasteiger partial charge < -0.3 is 10.5 Å². The number of ether oxygens (including phenoxy) is 1. The number of aryl methyl sites for hydroxylation is 3.